The van der Waals surface area contributed by atoms with Crippen molar-refractivity contribution in [1.82, 2.24) is 0 Å². The van der Waals surface area contributed by atoms with Crippen molar-refractivity contribution in [2.24, 2.45) is 16.3 Å². The molecule has 1 aromatic rings. The van der Waals surface area contributed by atoms with Crippen molar-refractivity contribution in [2.75, 3.05) is 18.0 Å². The second-order valence-electron chi connectivity index (χ2n) is 6.31. The maximum absolute atomic E-state index is 14.0. The number of hydrogen-bond donors (Lipinski definition) is 2. The number of oxime groups is 1. The highest BCUT2D eigenvalue weighted by atomic mass is 19.1. The van der Waals surface area contributed by atoms with Gasteiger partial charge in [-0.2, -0.15) is 0 Å². The molecule has 1 aromatic carbocycles. The van der Waals surface area contributed by atoms with Crippen molar-refractivity contribution in [3.8, 4) is 0 Å². The van der Waals surface area contributed by atoms with Crippen LogP contribution in [0.5, 0.6) is 0 Å². The smallest absolute Gasteiger partial charge is 0.175 e. The molecule has 0 unspecified atom stereocenters. The Balaban J connectivity index is 1.84. The van der Waals surface area contributed by atoms with E-state index in [1.807, 2.05) is 6.07 Å². The van der Waals surface area contributed by atoms with Gasteiger partial charge in [0.05, 0.1) is 11.3 Å². The Bertz CT molecular complexity index is 542. The van der Waals surface area contributed by atoms with E-state index >= 15 is 0 Å². The zero-order valence-corrected chi connectivity index (χ0v) is 12.2. The van der Waals surface area contributed by atoms with Crippen molar-refractivity contribution in [1.29, 1.82) is 0 Å². The summed E-state index contributed by atoms with van der Waals surface area (Å²) in [6.07, 6.45) is 7.65. The van der Waals surface area contributed by atoms with E-state index in [9.17, 15) is 4.39 Å². The number of halogens is 1. The molecule has 0 bridgehead atoms. The van der Waals surface area contributed by atoms with Gasteiger partial charge in [0.25, 0.3) is 0 Å². The van der Waals surface area contributed by atoms with E-state index in [2.05, 4.69) is 10.1 Å². The molecule has 0 atom stereocenters. The van der Waals surface area contributed by atoms with Crippen LogP contribution in [0.2, 0.25) is 0 Å². The van der Waals surface area contributed by atoms with Crippen molar-refractivity contribution in [3.05, 3.63) is 29.6 Å². The van der Waals surface area contributed by atoms with Crippen LogP contribution in [0.3, 0.4) is 0 Å². The van der Waals surface area contributed by atoms with E-state index in [1.54, 1.807) is 6.07 Å². The molecule has 1 aliphatic heterocycles. The van der Waals surface area contributed by atoms with Crippen molar-refractivity contribution < 1.29 is 9.60 Å². The molecule has 1 saturated heterocycles. The quantitative estimate of drug-likeness (QED) is 0.381. The van der Waals surface area contributed by atoms with E-state index in [-0.39, 0.29) is 11.4 Å². The lowest BCUT2D eigenvalue weighted by atomic mass is 9.77. The van der Waals surface area contributed by atoms with Gasteiger partial charge in [-0.15, -0.1) is 0 Å². The molecule has 2 fully saturated rings. The second kappa shape index (κ2) is 5.54. The largest absolute Gasteiger partial charge is 0.409 e. The minimum Gasteiger partial charge on any atom is -0.409 e. The summed E-state index contributed by atoms with van der Waals surface area (Å²) in [6.45, 7) is 1.82. The fourth-order valence-electron chi connectivity index (χ4n) is 3.93. The molecular weight excluding hydrogens is 269 g/mol. The Morgan fingerprint density at radius 1 is 1.19 bits per heavy atom. The second-order valence-corrected chi connectivity index (χ2v) is 6.31. The molecule has 3 N–H and O–H groups in total. The Kier molecular flexibility index (Phi) is 3.74. The summed E-state index contributed by atoms with van der Waals surface area (Å²) in [7, 11) is 0. The van der Waals surface area contributed by atoms with Gasteiger partial charge in [-0.1, -0.05) is 24.1 Å². The van der Waals surface area contributed by atoms with Crippen LogP contribution in [0.25, 0.3) is 0 Å². The van der Waals surface area contributed by atoms with E-state index in [4.69, 9.17) is 10.9 Å². The summed E-state index contributed by atoms with van der Waals surface area (Å²) in [6, 6.07) is 4.88. The SMILES string of the molecule is NC(=NO)c1c(F)cccc1N1CCC2(CCCC2)CC1. The fraction of sp³-hybridized carbons (Fsp3) is 0.562. The minimum absolute atomic E-state index is 0.163. The predicted octanol–water partition coefficient (Wildman–Crippen LogP) is 3.08. The number of anilines is 1. The lowest BCUT2D eigenvalue weighted by molar-refractivity contribution is 0.226. The Morgan fingerprint density at radius 3 is 2.48 bits per heavy atom. The molecule has 0 aromatic heterocycles. The molecule has 4 nitrogen and oxygen atoms in total. The van der Waals surface area contributed by atoms with Crippen LogP contribution in [0, 0.1) is 11.2 Å². The molecule has 0 radical (unpaired) electrons. The summed E-state index contributed by atoms with van der Waals surface area (Å²) >= 11 is 0. The van der Waals surface area contributed by atoms with E-state index in [0.717, 1.165) is 31.6 Å². The first-order valence-electron chi connectivity index (χ1n) is 7.67. The highest BCUT2D eigenvalue weighted by Gasteiger charge is 2.37. The van der Waals surface area contributed by atoms with Crippen LogP contribution in [0.15, 0.2) is 23.4 Å². The van der Waals surface area contributed by atoms with Gasteiger partial charge in [-0.05, 0) is 43.2 Å². The van der Waals surface area contributed by atoms with Crippen LogP contribution in [0.4, 0.5) is 10.1 Å². The van der Waals surface area contributed by atoms with E-state index < -0.39 is 5.82 Å². The number of nitrogens with two attached hydrogens (primary N) is 1. The van der Waals surface area contributed by atoms with E-state index in [1.165, 1.54) is 31.7 Å². The van der Waals surface area contributed by atoms with Crippen molar-refractivity contribution in [3.63, 3.8) is 0 Å². The number of hydrogen-bond acceptors (Lipinski definition) is 3. The molecule has 1 aliphatic carbocycles. The Hall–Kier alpha value is -1.78. The highest BCUT2D eigenvalue weighted by molar-refractivity contribution is 6.02. The first-order chi connectivity index (χ1) is 10.2. The van der Waals surface area contributed by atoms with Gasteiger partial charge < -0.3 is 15.8 Å². The molecule has 114 valence electrons. The number of benzene rings is 1. The lowest BCUT2D eigenvalue weighted by Gasteiger charge is -2.41. The predicted molar refractivity (Wildman–Crippen MR) is 81.3 cm³/mol. The molecular formula is C16H22FN3O. The van der Waals surface area contributed by atoms with Gasteiger partial charge in [0, 0.05) is 13.1 Å². The topological polar surface area (TPSA) is 61.9 Å². The van der Waals surface area contributed by atoms with Gasteiger partial charge in [-0.25, -0.2) is 4.39 Å². The number of nitrogens with zero attached hydrogens (tertiary/aromatic N) is 2. The lowest BCUT2D eigenvalue weighted by Crippen LogP contribution is -2.40. The third kappa shape index (κ3) is 2.57. The monoisotopic (exact) mass is 291 g/mol. The molecule has 3 rings (SSSR count). The summed E-state index contributed by atoms with van der Waals surface area (Å²) < 4.78 is 14.0. The van der Waals surface area contributed by atoms with Crippen LogP contribution in [-0.4, -0.2) is 24.1 Å². The van der Waals surface area contributed by atoms with Crippen molar-refractivity contribution in [2.45, 2.75) is 38.5 Å². The first-order valence-corrected chi connectivity index (χ1v) is 7.67. The molecule has 2 aliphatic rings. The summed E-state index contributed by atoms with van der Waals surface area (Å²) in [5.41, 5.74) is 7.11. The van der Waals surface area contributed by atoms with Gasteiger partial charge >= 0.3 is 0 Å². The molecule has 21 heavy (non-hydrogen) atoms. The molecule has 0 amide bonds. The standard InChI is InChI=1S/C16H22FN3O/c17-12-4-3-5-13(14(12)15(18)19-21)20-10-8-16(9-11-20)6-1-2-7-16/h3-5,21H,1-2,6-11H2,(H2,18,19). The fourth-order valence-corrected chi connectivity index (χ4v) is 3.93. The zero-order chi connectivity index (χ0) is 14.9. The maximum Gasteiger partial charge on any atom is 0.175 e. The summed E-state index contributed by atoms with van der Waals surface area (Å²) in [4.78, 5) is 2.17. The number of piperidine rings is 1. The van der Waals surface area contributed by atoms with Crippen molar-refractivity contribution >= 4 is 11.5 Å². The first kappa shape index (κ1) is 14.2. The van der Waals surface area contributed by atoms with E-state index in [0.29, 0.717) is 5.41 Å². The van der Waals surface area contributed by atoms with Gasteiger partial charge in [0.2, 0.25) is 0 Å². The molecule has 1 heterocycles. The van der Waals surface area contributed by atoms with Crippen LogP contribution >= 0.6 is 0 Å². The molecule has 5 heteroatoms. The maximum atomic E-state index is 14.0. The highest BCUT2D eigenvalue weighted by Crippen LogP contribution is 2.46. The zero-order valence-electron chi connectivity index (χ0n) is 12.2. The Labute approximate surface area is 124 Å². The van der Waals surface area contributed by atoms with Gasteiger partial charge in [0.1, 0.15) is 5.82 Å². The Morgan fingerprint density at radius 2 is 1.86 bits per heavy atom. The van der Waals surface area contributed by atoms with Crippen LogP contribution in [0.1, 0.15) is 44.1 Å². The van der Waals surface area contributed by atoms with Crippen LogP contribution < -0.4 is 10.6 Å². The third-order valence-electron chi connectivity index (χ3n) is 5.18. The van der Waals surface area contributed by atoms with Crippen LogP contribution in [-0.2, 0) is 0 Å². The van der Waals surface area contributed by atoms with Gasteiger partial charge in [-0.3, -0.25) is 0 Å². The van der Waals surface area contributed by atoms with Gasteiger partial charge in [0.15, 0.2) is 5.84 Å². The average molecular weight is 291 g/mol. The third-order valence-corrected chi connectivity index (χ3v) is 5.18. The molecule has 1 spiro atoms. The summed E-state index contributed by atoms with van der Waals surface area (Å²) in [5.74, 6) is -0.604. The minimum atomic E-state index is -0.441. The average Bonchev–Trinajstić information content (AvgIpc) is 2.95. The normalized spacial score (nSPS) is 22.0. The summed E-state index contributed by atoms with van der Waals surface area (Å²) in [5, 5.41) is 11.9. The molecule has 1 saturated carbocycles. The number of amidine groups is 1. The number of rotatable bonds is 2.